The van der Waals surface area contributed by atoms with Crippen LogP contribution >= 0.6 is 15.9 Å². The zero-order valence-electron chi connectivity index (χ0n) is 7.57. The second kappa shape index (κ2) is 5.27. The zero-order chi connectivity index (χ0) is 11.3. The van der Waals surface area contributed by atoms with Gasteiger partial charge < -0.3 is 0 Å². The fourth-order valence-corrected chi connectivity index (χ4v) is 1.16. The number of benzene rings is 1. The summed E-state index contributed by atoms with van der Waals surface area (Å²) in [7, 11) is 0. The van der Waals surface area contributed by atoms with Gasteiger partial charge in [0.25, 0.3) is 5.69 Å². The van der Waals surface area contributed by atoms with E-state index in [9.17, 15) is 14.9 Å². The molecular weight excluding hydrogens is 262 g/mol. The Bertz CT molecular complexity index is 459. The zero-order valence-corrected chi connectivity index (χ0v) is 9.15. The van der Waals surface area contributed by atoms with Gasteiger partial charge >= 0.3 is 0 Å². The topological polar surface area (TPSA) is 60.2 Å². The molecule has 0 N–H and O–H groups in total. The number of hydrogen-bond acceptors (Lipinski definition) is 3. The molecule has 0 amide bonds. The van der Waals surface area contributed by atoms with Gasteiger partial charge in [-0.1, -0.05) is 27.8 Å². The van der Waals surface area contributed by atoms with Crippen molar-refractivity contribution in [2.24, 2.45) is 0 Å². The first kappa shape index (κ1) is 11.4. The molecule has 0 fully saturated rings. The fourth-order valence-electron chi connectivity index (χ4n) is 1.02. The van der Waals surface area contributed by atoms with Crippen LogP contribution in [-0.4, -0.2) is 16.5 Å². The van der Waals surface area contributed by atoms with Crippen molar-refractivity contribution >= 4 is 27.9 Å². The Balaban J connectivity index is 3.22. The van der Waals surface area contributed by atoms with Gasteiger partial charge in [-0.15, -0.1) is 0 Å². The van der Waals surface area contributed by atoms with Crippen LogP contribution in [-0.2, 0) is 0 Å². The molecule has 1 rings (SSSR count). The van der Waals surface area contributed by atoms with Gasteiger partial charge in [-0.3, -0.25) is 14.9 Å². The van der Waals surface area contributed by atoms with E-state index in [1.54, 1.807) is 0 Å². The number of nitro benzene ring substituents is 1. The third-order valence-corrected chi connectivity index (χ3v) is 1.87. The molecule has 0 heterocycles. The maximum atomic E-state index is 10.5. The van der Waals surface area contributed by atoms with Gasteiger partial charge in [0, 0.05) is 23.3 Å². The van der Waals surface area contributed by atoms with Crippen LogP contribution in [0.5, 0.6) is 0 Å². The van der Waals surface area contributed by atoms with Crippen molar-refractivity contribution in [3.63, 3.8) is 0 Å². The summed E-state index contributed by atoms with van der Waals surface area (Å²) in [6, 6.07) is 4.06. The molecule has 0 radical (unpaired) electrons. The van der Waals surface area contributed by atoms with Crippen LogP contribution in [0.25, 0.3) is 0 Å². The Morgan fingerprint density at radius 1 is 1.47 bits per heavy atom. The lowest BCUT2D eigenvalue weighted by Gasteiger charge is -1.95. The summed E-state index contributed by atoms with van der Waals surface area (Å²) in [5.41, 5.74) is 0.590. The molecule has 1 aromatic rings. The normalized spacial score (nSPS) is 8.87. The van der Waals surface area contributed by atoms with E-state index in [0.29, 0.717) is 17.2 Å². The number of alkyl halides is 1. The molecule has 5 heteroatoms. The maximum Gasteiger partial charge on any atom is 0.271 e. The van der Waals surface area contributed by atoms with Gasteiger partial charge in [0.05, 0.1) is 10.3 Å². The van der Waals surface area contributed by atoms with Gasteiger partial charge in [-0.25, -0.2) is 0 Å². The number of nitrogens with zero attached hydrogens (tertiary/aromatic N) is 1. The van der Waals surface area contributed by atoms with Crippen molar-refractivity contribution in [1.82, 2.24) is 0 Å². The minimum absolute atomic E-state index is 0.126. The van der Waals surface area contributed by atoms with Crippen molar-refractivity contribution < 1.29 is 9.72 Å². The molecule has 1 aromatic carbocycles. The van der Waals surface area contributed by atoms with E-state index in [1.807, 2.05) is 0 Å². The molecule has 0 bridgehead atoms. The minimum atomic E-state index is -0.549. The smallest absolute Gasteiger partial charge is 0.271 e. The molecule has 0 atom stereocenters. The Morgan fingerprint density at radius 2 is 2.20 bits per heavy atom. The summed E-state index contributed by atoms with van der Waals surface area (Å²) < 4.78 is 0. The summed E-state index contributed by atoms with van der Waals surface area (Å²) in [6.07, 6.45) is 0.562. The predicted octanol–water partition coefficient (Wildman–Crippen LogP) is 2.15. The summed E-state index contributed by atoms with van der Waals surface area (Å²) in [4.78, 5) is 20.5. The molecule has 0 unspecified atom stereocenters. The van der Waals surface area contributed by atoms with Crippen LogP contribution in [0.2, 0.25) is 0 Å². The Kier molecular flexibility index (Phi) is 4.01. The molecule has 15 heavy (non-hydrogen) atoms. The molecule has 4 nitrogen and oxygen atoms in total. The summed E-state index contributed by atoms with van der Waals surface area (Å²) in [5, 5.41) is 11.0. The number of hydrogen-bond donors (Lipinski definition) is 0. The van der Waals surface area contributed by atoms with Gasteiger partial charge in [0.15, 0.2) is 0 Å². The van der Waals surface area contributed by atoms with E-state index < -0.39 is 4.92 Å². The number of aldehydes is 1. The van der Waals surface area contributed by atoms with Crippen molar-refractivity contribution in [2.45, 2.75) is 0 Å². The molecule has 0 spiro atoms. The summed E-state index contributed by atoms with van der Waals surface area (Å²) in [5.74, 6) is 5.41. The van der Waals surface area contributed by atoms with Crippen LogP contribution in [0.15, 0.2) is 18.2 Å². The quantitative estimate of drug-likeness (QED) is 0.271. The number of non-ortho nitro benzene ring substituents is 1. The van der Waals surface area contributed by atoms with E-state index in [-0.39, 0.29) is 11.3 Å². The Labute approximate surface area is 94.6 Å². The Morgan fingerprint density at radius 3 is 2.73 bits per heavy atom. The van der Waals surface area contributed by atoms with Crippen molar-refractivity contribution in [3.8, 4) is 11.8 Å². The molecule has 0 aromatic heterocycles. The molecule has 0 saturated heterocycles. The monoisotopic (exact) mass is 267 g/mol. The van der Waals surface area contributed by atoms with Gasteiger partial charge in [0.1, 0.15) is 6.29 Å². The SMILES string of the molecule is O=Cc1cc(C#CCBr)cc([N+](=O)[O-])c1. The number of halogens is 1. The number of nitro groups is 1. The third kappa shape index (κ3) is 3.18. The second-order valence-corrected chi connectivity index (χ2v) is 3.18. The molecule has 0 aliphatic heterocycles. The maximum absolute atomic E-state index is 10.5. The predicted molar refractivity (Wildman–Crippen MR) is 59.2 cm³/mol. The molecular formula is C10H6BrNO3. The average Bonchev–Trinajstić information content (AvgIpc) is 2.25. The van der Waals surface area contributed by atoms with E-state index in [0.717, 1.165) is 0 Å². The van der Waals surface area contributed by atoms with E-state index in [1.165, 1.54) is 18.2 Å². The van der Waals surface area contributed by atoms with Gasteiger partial charge in [0.2, 0.25) is 0 Å². The van der Waals surface area contributed by atoms with Crippen molar-refractivity contribution in [1.29, 1.82) is 0 Å². The molecule has 0 aliphatic rings. The molecule has 0 saturated carbocycles. The van der Waals surface area contributed by atoms with Crippen LogP contribution < -0.4 is 0 Å². The average molecular weight is 268 g/mol. The summed E-state index contributed by atoms with van der Waals surface area (Å²) >= 11 is 3.11. The van der Waals surface area contributed by atoms with E-state index in [2.05, 4.69) is 27.8 Å². The van der Waals surface area contributed by atoms with E-state index >= 15 is 0 Å². The van der Waals surface area contributed by atoms with Gasteiger partial charge in [-0.05, 0) is 6.07 Å². The highest BCUT2D eigenvalue weighted by atomic mass is 79.9. The number of carbonyl (C=O) groups is 1. The lowest BCUT2D eigenvalue weighted by atomic mass is 10.1. The molecule has 0 aliphatic carbocycles. The van der Waals surface area contributed by atoms with E-state index in [4.69, 9.17) is 0 Å². The van der Waals surface area contributed by atoms with Crippen LogP contribution in [0.3, 0.4) is 0 Å². The highest BCUT2D eigenvalue weighted by Gasteiger charge is 2.08. The lowest BCUT2D eigenvalue weighted by Crippen LogP contribution is -1.91. The first-order valence-corrected chi connectivity index (χ1v) is 5.09. The first-order valence-electron chi connectivity index (χ1n) is 3.97. The molecule has 76 valence electrons. The van der Waals surface area contributed by atoms with Crippen molar-refractivity contribution in [2.75, 3.05) is 5.33 Å². The van der Waals surface area contributed by atoms with Crippen molar-refractivity contribution in [3.05, 3.63) is 39.4 Å². The third-order valence-electron chi connectivity index (χ3n) is 1.59. The largest absolute Gasteiger partial charge is 0.298 e. The standard InChI is InChI=1S/C10H6BrNO3/c11-3-1-2-8-4-9(7-13)6-10(5-8)12(14)15/h4-7H,3H2. The number of carbonyl (C=O) groups excluding carboxylic acids is 1. The van der Waals surface area contributed by atoms with Gasteiger partial charge in [-0.2, -0.15) is 0 Å². The minimum Gasteiger partial charge on any atom is -0.298 e. The highest BCUT2D eigenvalue weighted by molar-refractivity contribution is 9.09. The lowest BCUT2D eigenvalue weighted by molar-refractivity contribution is -0.384. The Hall–Kier alpha value is -1.67. The van der Waals surface area contributed by atoms with Crippen LogP contribution in [0.1, 0.15) is 15.9 Å². The number of rotatable bonds is 2. The van der Waals surface area contributed by atoms with Crippen LogP contribution in [0.4, 0.5) is 5.69 Å². The highest BCUT2D eigenvalue weighted by Crippen LogP contribution is 2.15. The van der Waals surface area contributed by atoms with Crippen LogP contribution in [0, 0.1) is 22.0 Å². The second-order valence-electron chi connectivity index (χ2n) is 2.62. The first-order chi connectivity index (χ1) is 7.17. The summed E-state index contributed by atoms with van der Waals surface area (Å²) in [6.45, 7) is 0. The fraction of sp³-hybridized carbons (Fsp3) is 0.100.